The minimum Gasteiger partial charge on any atom is -0.364 e. The number of pyridine rings is 1. The molecule has 0 unspecified atom stereocenters. The predicted molar refractivity (Wildman–Crippen MR) is 131 cm³/mol. The first-order valence-electron chi connectivity index (χ1n) is 12.3. The second kappa shape index (κ2) is 10.1. The van der Waals surface area contributed by atoms with Crippen molar-refractivity contribution < 1.29 is 22.4 Å². The molecule has 1 saturated heterocycles. The second-order valence-corrected chi connectivity index (χ2v) is 9.65. The molecule has 0 spiro atoms. The Morgan fingerprint density at radius 3 is 2.86 bits per heavy atom. The van der Waals surface area contributed by atoms with Crippen LogP contribution in [-0.2, 0) is 19.4 Å². The smallest absolute Gasteiger partial charge is 0.364 e. The Bertz CT molecular complexity index is 1340. The lowest BCUT2D eigenvalue weighted by Gasteiger charge is -2.33. The maximum absolute atomic E-state index is 14.6. The number of nitrogens with zero attached hydrogens (tertiary/aromatic N) is 4. The Balaban J connectivity index is 1.36. The van der Waals surface area contributed by atoms with Crippen molar-refractivity contribution in [2.45, 2.75) is 50.6 Å². The van der Waals surface area contributed by atoms with Gasteiger partial charge >= 0.3 is 6.18 Å². The Morgan fingerprint density at radius 2 is 2.11 bits per heavy atom. The Kier molecular flexibility index (Phi) is 6.86. The van der Waals surface area contributed by atoms with E-state index >= 15 is 0 Å². The van der Waals surface area contributed by atoms with Gasteiger partial charge in [0.2, 0.25) is 0 Å². The predicted octanol–water partition coefficient (Wildman–Crippen LogP) is 3.42. The molecule has 5 heterocycles. The van der Waals surface area contributed by atoms with Crippen LogP contribution in [0.3, 0.4) is 0 Å². The third kappa shape index (κ3) is 5.59. The van der Waals surface area contributed by atoms with Crippen LogP contribution in [0.4, 0.5) is 23.4 Å². The average molecular weight is 517 g/mol. The van der Waals surface area contributed by atoms with Gasteiger partial charge in [-0.15, -0.1) is 0 Å². The number of carbonyl (C=O) groups excluding carboxylic acids is 1. The maximum Gasteiger partial charge on any atom is 0.393 e. The first kappa shape index (κ1) is 25.1. The summed E-state index contributed by atoms with van der Waals surface area (Å²) >= 11 is 0. The number of nitrogens with one attached hydrogen (secondary N) is 2. The van der Waals surface area contributed by atoms with E-state index in [2.05, 4.69) is 27.6 Å². The molecule has 7 nitrogen and oxygen atoms in total. The number of fused-ring (bicyclic) bond motifs is 2. The van der Waals surface area contributed by atoms with E-state index in [9.17, 15) is 22.4 Å². The van der Waals surface area contributed by atoms with E-state index < -0.39 is 24.8 Å². The zero-order chi connectivity index (χ0) is 26.2. The van der Waals surface area contributed by atoms with Gasteiger partial charge in [-0.3, -0.25) is 4.79 Å². The number of alkyl halides is 4. The van der Waals surface area contributed by atoms with Crippen LogP contribution in [0.2, 0.25) is 0 Å². The largest absolute Gasteiger partial charge is 0.393 e. The Labute approximate surface area is 211 Å². The van der Waals surface area contributed by atoms with Crippen LogP contribution >= 0.6 is 0 Å². The van der Waals surface area contributed by atoms with Gasteiger partial charge in [0.1, 0.15) is 17.7 Å². The lowest BCUT2D eigenvalue weighted by atomic mass is 10.0. The van der Waals surface area contributed by atoms with Crippen LogP contribution in [0.5, 0.6) is 0 Å². The van der Waals surface area contributed by atoms with Gasteiger partial charge < -0.3 is 20.1 Å². The van der Waals surface area contributed by atoms with E-state index in [0.29, 0.717) is 24.3 Å². The van der Waals surface area contributed by atoms with Crippen LogP contribution in [0.25, 0.3) is 5.52 Å². The highest BCUT2D eigenvalue weighted by molar-refractivity contribution is 5.94. The fourth-order valence-corrected chi connectivity index (χ4v) is 5.00. The van der Waals surface area contributed by atoms with Gasteiger partial charge in [-0.25, -0.2) is 8.91 Å². The number of likely N-dealkylation sites (tertiary alicyclic amines) is 1. The summed E-state index contributed by atoms with van der Waals surface area (Å²) in [6.07, 6.45) is -2.44. The van der Waals surface area contributed by atoms with Gasteiger partial charge in [-0.2, -0.15) is 18.3 Å². The number of aromatic nitrogens is 3. The lowest BCUT2D eigenvalue weighted by molar-refractivity contribution is -0.127. The van der Waals surface area contributed by atoms with Crippen molar-refractivity contribution in [2.24, 2.45) is 0 Å². The van der Waals surface area contributed by atoms with Crippen molar-refractivity contribution in [1.29, 1.82) is 0 Å². The number of amides is 1. The van der Waals surface area contributed by atoms with Crippen molar-refractivity contribution in [3.63, 3.8) is 0 Å². The maximum atomic E-state index is 14.6. The minimum atomic E-state index is -4.47. The number of hydrogen-bond acceptors (Lipinski definition) is 4. The van der Waals surface area contributed by atoms with Gasteiger partial charge in [-0.05, 0) is 50.4 Å². The van der Waals surface area contributed by atoms with Crippen molar-refractivity contribution in [3.05, 3.63) is 53.0 Å². The molecule has 11 heteroatoms. The zero-order valence-electron chi connectivity index (χ0n) is 20.4. The highest BCUT2D eigenvalue weighted by atomic mass is 19.4. The standard InChI is InChI=1S/C26H28F4N6O/c1-34-12-9-22(20(27)16-34)32-24-8-2-7-23-19(14-26(28,29)30)21(33-36(23)24)6-3-10-31-25(37)17-13-18-5-4-11-35(18)15-17/h2,7-8,13,15,20,22,32H,4-5,9-12,14,16H2,1H3,(H,31,37)/t20-,22+/m0/s1. The molecule has 2 atom stereocenters. The fourth-order valence-electron chi connectivity index (χ4n) is 5.00. The van der Waals surface area contributed by atoms with E-state index in [0.717, 1.165) is 25.1 Å². The highest BCUT2D eigenvalue weighted by Crippen LogP contribution is 2.28. The molecule has 3 aromatic heterocycles. The molecule has 37 heavy (non-hydrogen) atoms. The average Bonchev–Trinajstić information content (AvgIpc) is 3.52. The van der Waals surface area contributed by atoms with Crippen LogP contribution < -0.4 is 10.6 Å². The van der Waals surface area contributed by atoms with E-state index in [1.54, 1.807) is 24.4 Å². The number of halogens is 4. The van der Waals surface area contributed by atoms with E-state index in [1.165, 1.54) is 4.52 Å². The minimum absolute atomic E-state index is 0.0242. The van der Waals surface area contributed by atoms with Crippen molar-refractivity contribution in [1.82, 2.24) is 24.4 Å². The number of anilines is 1. The summed E-state index contributed by atoms with van der Waals surface area (Å²) < 4.78 is 58.3. The number of hydrogen-bond donors (Lipinski definition) is 2. The third-order valence-electron chi connectivity index (χ3n) is 6.84. The molecule has 0 bridgehead atoms. The Hall–Kier alpha value is -3.52. The second-order valence-electron chi connectivity index (χ2n) is 9.65. The molecule has 0 saturated carbocycles. The van der Waals surface area contributed by atoms with Gasteiger partial charge in [0, 0.05) is 37.1 Å². The van der Waals surface area contributed by atoms with Crippen LogP contribution in [0.15, 0.2) is 30.5 Å². The van der Waals surface area contributed by atoms with Crippen molar-refractivity contribution in [2.75, 3.05) is 32.0 Å². The third-order valence-corrected chi connectivity index (χ3v) is 6.84. The van der Waals surface area contributed by atoms with Gasteiger partial charge in [0.05, 0.1) is 30.1 Å². The number of aryl methyl sites for hydroxylation is 2. The van der Waals surface area contributed by atoms with Gasteiger partial charge in [0.15, 0.2) is 0 Å². The molecule has 1 amide bonds. The summed E-state index contributed by atoms with van der Waals surface area (Å²) in [6.45, 7) is 1.84. The van der Waals surface area contributed by atoms with Crippen molar-refractivity contribution in [3.8, 4) is 11.8 Å². The molecule has 3 aromatic rings. The van der Waals surface area contributed by atoms with Gasteiger partial charge in [-0.1, -0.05) is 12.0 Å². The van der Waals surface area contributed by atoms with E-state index in [4.69, 9.17) is 0 Å². The molecule has 0 aromatic carbocycles. The molecule has 1 fully saturated rings. The monoisotopic (exact) mass is 516 g/mol. The number of rotatable bonds is 5. The summed E-state index contributed by atoms with van der Waals surface area (Å²) in [7, 11) is 1.85. The summed E-state index contributed by atoms with van der Waals surface area (Å²) in [5.41, 5.74) is 1.82. The van der Waals surface area contributed by atoms with Crippen molar-refractivity contribution >= 4 is 17.2 Å². The summed E-state index contributed by atoms with van der Waals surface area (Å²) in [4.78, 5) is 14.3. The summed E-state index contributed by atoms with van der Waals surface area (Å²) in [5.74, 6) is 5.56. The van der Waals surface area contributed by atoms with Crippen LogP contribution in [0, 0.1) is 11.8 Å². The number of piperidine rings is 1. The molecule has 196 valence electrons. The molecule has 0 radical (unpaired) electrons. The van der Waals surface area contributed by atoms with E-state index in [-0.39, 0.29) is 35.8 Å². The van der Waals surface area contributed by atoms with E-state index in [1.807, 2.05) is 22.6 Å². The molecular weight excluding hydrogens is 488 g/mol. The normalized spacial score (nSPS) is 19.9. The molecule has 2 aliphatic rings. The fraction of sp³-hybridized carbons (Fsp3) is 0.462. The zero-order valence-corrected chi connectivity index (χ0v) is 20.4. The van der Waals surface area contributed by atoms with Gasteiger partial charge in [0.25, 0.3) is 5.91 Å². The molecule has 0 aliphatic carbocycles. The molecule has 2 aliphatic heterocycles. The quantitative estimate of drug-likeness (QED) is 0.403. The summed E-state index contributed by atoms with van der Waals surface area (Å²) in [6, 6.07) is 6.20. The molecule has 5 rings (SSSR count). The highest BCUT2D eigenvalue weighted by Gasteiger charge is 2.32. The number of carbonyl (C=O) groups is 1. The van der Waals surface area contributed by atoms with Crippen LogP contribution in [-0.4, -0.2) is 70.1 Å². The Morgan fingerprint density at radius 1 is 1.27 bits per heavy atom. The topological polar surface area (TPSA) is 66.6 Å². The lowest BCUT2D eigenvalue weighted by Crippen LogP contribution is -2.46. The molecular formula is C26H28F4N6O. The first-order chi connectivity index (χ1) is 17.7. The summed E-state index contributed by atoms with van der Waals surface area (Å²) in [5, 5.41) is 10.2. The molecule has 2 N–H and O–H groups in total. The SMILES string of the molecule is CN1CC[C@@H](Nc2cccc3c(CC(F)(F)F)c(C#CCNC(=O)c4cc5n(c4)CCC5)nn23)[C@@H](F)C1. The van der Waals surface area contributed by atoms with Crippen LogP contribution in [0.1, 0.15) is 40.2 Å². The first-order valence-corrected chi connectivity index (χ1v) is 12.3.